The van der Waals surface area contributed by atoms with E-state index in [1.54, 1.807) is 17.5 Å². The maximum absolute atomic E-state index is 5.84. The zero-order chi connectivity index (χ0) is 11.4. The van der Waals surface area contributed by atoms with Gasteiger partial charge in [0.1, 0.15) is 0 Å². The van der Waals surface area contributed by atoms with E-state index in [0.29, 0.717) is 5.02 Å². The lowest BCUT2D eigenvalue weighted by Gasteiger charge is -2.02. The number of aromatic nitrogens is 1. The second-order valence-corrected chi connectivity index (χ2v) is 5.51. The molecule has 84 valence electrons. The zero-order valence-corrected chi connectivity index (χ0v) is 10.7. The highest BCUT2D eigenvalue weighted by atomic mass is 35.5. The van der Waals surface area contributed by atoms with Crippen molar-refractivity contribution in [2.45, 2.75) is 13.1 Å². The minimum atomic E-state index is 0.661. The largest absolute Gasteiger partial charge is 0.306 e. The molecular formula is C11H10Cl2N2S. The molecule has 0 atom stereocenters. The molecule has 0 unspecified atom stereocenters. The topological polar surface area (TPSA) is 24.9 Å². The Morgan fingerprint density at radius 3 is 2.62 bits per heavy atom. The fourth-order valence-electron chi connectivity index (χ4n) is 1.27. The van der Waals surface area contributed by atoms with Crippen LogP contribution in [0.3, 0.4) is 0 Å². The Kier molecular flexibility index (Phi) is 4.18. The van der Waals surface area contributed by atoms with Gasteiger partial charge >= 0.3 is 0 Å². The summed E-state index contributed by atoms with van der Waals surface area (Å²) >= 11 is 13.2. The summed E-state index contributed by atoms with van der Waals surface area (Å²) in [5.41, 5.74) is 0.979. The van der Waals surface area contributed by atoms with Gasteiger partial charge in [0.15, 0.2) is 0 Å². The smallest absolute Gasteiger partial charge is 0.0931 e. The Balaban J connectivity index is 1.82. The molecule has 5 heteroatoms. The number of rotatable bonds is 4. The minimum Gasteiger partial charge on any atom is -0.306 e. The predicted octanol–water partition coefficient (Wildman–Crippen LogP) is 3.74. The molecule has 0 aromatic carbocycles. The molecule has 0 fully saturated rings. The molecule has 16 heavy (non-hydrogen) atoms. The molecule has 0 aliphatic heterocycles. The van der Waals surface area contributed by atoms with Crippen LogP contribution in [-0.4, -0.2) is 4.98 Å². The molecule has 0 aliphatic rings. The highest BCUT2D eigenvalue weighted by molar-refractivity contribution is 7.16. The molecular weight excluding hydrogens is 263 g/mol. The van der Waals surface area contributed by atoms with Crippen molar-refractivity contribution in [1.29, 1.82) is 0 Å². The molecule has 0 bridgehead atoms. The molecule has 0 saturated carbocycles. The van der Waals surface area contributed by atoms with Gasteiger partial charge < -0.3 is 5.32 Å². The third kappa shape index (κ3) is 3.46. The van der Waals surface area contributed by atoms with Gasteiger partial charge in [-0.3, -0.25) is 4.98 Å². The van der Waals surface area contributed by atoms with Crippen LogP contribution >= 0.6 is 34.5 Å². The van der Waals surface area contributed by atoms with E-state index < -0.39 is 0 Å². The van der Waals surface area contributed by atoms with Gasteiger partial charge in [0.25, 0.3) is 0 Å². The summed E-state index contributed by atoms with van der Waals surface area (Å²) in [6.45, 7) is 1.54. The van der Waals surface area contributed by atoms with Crippen molar-refractivity contribution in [3.8, 4) is 0 Å². The van der Waals surface area contributed by atoms with Crippen molar-refractivity contribution >= 4 is 34.5 Å². The molecule has 2 rings (SSSR count). The quantitative estimate of drug-likeness (QED) is 0.917. The first-order valence-electron chi connectivity index (χ1n) is 4.79. The van der Waals surface area contributed by atoms with E-state index >= 15 is 0 Å². The highest BCUT2D eigenvalue weighted by Crippen LogP contribution is 2.21. The molecule has 0 saturated heterocycles. The van der Waals surface area contributed by atoms with Gasteiger partial charge in [0.05, 0.1) is 15.1 Å². The molecule has 2 heterocycles. The van der Waals surface area contributed by atoms with Crippen molar-refractivity contribution in [1.82, 2.24) is 10.3 Å². The van der Waals surface area contributed by atoms with E-state index in [-0.39, 0.29) is 0 Å². The zero-order valence-electron chi connectivity index (χ0n) is 8.41. The standard InChI is InChI=1S/C11H10Cl2N2S/c12-8-1-2-9(15-5-8)6-14-7-10-3-4-11(13)16-10/h1-5,14H,6-7H2. The number of pyridine rings is 1. The van der Waals surface area contributed by atoms with E-state index in [9.17, 15) is 0 Å². The van der Waals surface area contributed by atoms with E-state index in [4.69, 9.17) is 23.2 Å². The van der Waals surface area contributed by atoms with Crippen LogP contribution < -0.4 is 5.32 Å². The Hall–Kier alpha value is -0.610. The summed E-state index contributed by atoms with van der Waals surface area (Å²) in [4.78, 5) is 5.42. The van der Waals surface area contributed by atoms with E-state index in [0.717, 1.165) is 23.1 Å². The van der Waals surface area contributed by atoms with Crippen molar-refractivity contribution < 1.29 is 0 Å². The van der Waals surface area contributed by atoms with Crippen molar-refractivity contribution in [3.05, 3.63) is 50.4 Å². The molecule has 2 aromatic rings. The predicted molar refractivity (Wildman–Crippen MR) is 69.1 cm³/mol. The Morgan fingerprint density at radius 1 is 1.12 bits per heavy atom. The Morgan fingerprint density at radius 2 is 2.00 bits per heavy atom. The Labute approximate surface area is 108 Å². The van der Waals surface area contributed by atoms with E-state index in [1.807, 2.05) is 24.3 Å². The average molecular weight is 273 g/mol. The lowest BCUT2D eigenvalue weighted by atomic mass is 10.3. The Bertz CT molecular complexity index is 453. The maximum atomic E-state index is 5.84. The number of hydrogen-bond acceptors (Lipinski definition) is 3. The van der Waals surface area contributed by atoms with Crippen LogP contribution in [0.4, 0.5) is 0 Å². The molecule has 0 radical (unpaired) electrons. The average Bonchev–Trinajstić information content (AvgIpc) is 2.67. The molecule has 2 aromatic heterocycles. The van der Waals surface area contributed by atoms with E-state index in [2.05, 4.69) is 10.3 Å². The third-order valence-corrected chi connectivity index (χ3v) is 3.48. The van der Waals surface area contributed by atoms with Crippen LogP contribution in [0.2, 0.25) is 9.36 Å². The number of nitrogens with one attached hydrogen (secondary N) is 1. The summed E-state index contributed by atoms with van der Waals surface area (Å²) in [5.74, 6) is 0. The minimum absolute atomic E-state index is 0.661. The maximum Gasteiger partial charge on any atom is 0.0931 e. The third-order valence-electron chi connectivity index (χ3n) is 2.02. The van der Waals surface area contributed by atoms with Gasteiger partial charge in [-0.25, -0.2) is 0 Å². The molecule has 2 nitrogen and oxygen atoms in total. The number of nitrogens with zero attached hydrogens (tertiary/aromatic N) is 1. The van der Waals surface area contributed by atoms with Crippen molar-refractivity contribution in [2.24, 2.45) is 0 Å². The summed E-state index contributed by atoms with van der Waals surface area (Å²) in [5, 5.41) is 3.96. The molecule has 0 aliphatic carbocycles. The number of thiophene rings is 1. The van der Waals surface area contributed by atoms with Crippen molar-refractivity contribution in [3.63, 3.8) is 0 Å². The number of hydrogen-bond donors (Lipinski definition) is 1. The first-order chi connectivity index (χ1) is 7.74. The lowest BCUT2D eigenvalue weighted by Crippen LogP contribution is -2.12. The monoisotopic (exact) mass is 272 g/mol. The van der Waals surface area contributed by atoms with Gasteiger partial charge in [-0.15, -0.1) is 11.3 Å². The normalized spacial score (nSPS) is 10.6. The summed E-state index contributed by atoms with van der Waals surface area (Å²) in [6, 6.07) is 7.68. The molecule has 0 amide bonds. The lowest BCUT2D eigenvalue weighted by molar-refractivity contribution is 0.686. The second-order valence-electron chi connectivity index (χ2n) is 3.28. The summed E-state index contributed by atoms with van der Waals surface area (Å²) in [6.07, 6.45) is 1.65. The van der Waals surface area contributed by atoms with Gasteiger partial charge in [-0.2, -0.15) is 0 Å². The van der Waals surface area contributed by atoms with Crippen LogP contribution in [0.5, 0.6) is 0 Å². The van der Waals surface area contributed by atoms with Crippen molar-refractivity contribution in [2.75, 3.05) is 0 Å². The second kappa shape index (κ2) is 5.64. The first-order valence-corrected chi connectivity index (χ1v) is 6.36. The van der Waals surface area contributed by atoms with Gasteiger partial charge in [0, 0.05) is 24.2 Å². The van der Waals surface area contributed by atoms with Crippen LogP contribution in [0.25, 0.3) is 0 Å². The molecule has 1 N–H and O–H groups in total. The van der Waals surface area contributed by atoms with Crippen LogP contribution in [0.1, 0.15) is 10.6 Å². The van der Waals surface area contributed by atoms with Crippen LogP contribution in [-0.2, 0) is 13.1 Å². The summed E-state index contributed by atoms with van der Waals surface area (Å²) in [7, 11) is 0. The van der Waals surface area contributed by atoms with Gasteiger partial charge in [0.2, 0.25) is 0 Å². The number of halogens is 2. The highest BCUT2D eigenvalue weighted by Gasteiger charge is 1.98. The van der Waals surface area contributed by atoms with Crippen LogP contribution in [0.15, 0.2) is 30.5 Å². The van der Waals surface area contributed by atoms with Crippen LogP contribution in [0, 0.1) is 0 Å². The fraction of sp³-hybridized carbons (Fsp3) is 0.182. The fourth-order valence-corrected chi connectivity index (χ4v) is 2.44. The van der Waals surface area contributed by atoms with Gasteiger partial charge in [-0.05, 0) is 24.3 Å². The SMILES string of the molecule is Clc1ccc(CNCc2ccc(Cl)s2)nc1. The molecule has 0 spiro atoms. The first kappa shape index (κ1) is 11.9. The van der Waals surface area contributed by atoms with E-state index in [1.165, 1.54) is 4.88 Å². The van der Waals surface area contributed by atoms with Gasteiger partial charge in [-0.1, -0.05) is 23.2 Å². The summed E-state index contributed by atoms with van der Waals surface area (Å²) < 4.78 is 0.821.